The number of carbonyl (C=O) groups excluding carboxylic acids is 1. The maximum Gasteiger partial charge on any atom is 1.00 e. The standard InChI is InChI=1S/C18H20O5S.Na/c1-18-9-8-14-13-5-3-12(23-24(20,21)22)10-11(13)2-4-15(14)16(18)6-7-17(18)19;/h3-5,10,14,16H,2,6-9H2,1H3,(H,20,21,22);/q;+1/p-1/t14-,16+,18?;/m1./s1/i3D,7D2,10D;. The number of benzene rings is 1. The summed E-state index contributed by atoms with van der Waals surface area (Å²) in [5, 5.41) is 0. The van der Waals surface area contributed by atoms with Crippen molar-refractivity contribution >= 4 is 16.2 Å². The van der Waals surface area contributed by atoms with Crippen LogP contribution in [0.1, 0.15) is 55.1 Å². The summed E-state index contributed by atoms with van der Waals surface area (Å²) in [6.45, 7) is 1.82. The average molecular weight is 374 g/mol. The smallest absolute Gasteiger partial charge is 0.716 e. The van der Waals surface area contributed by atoms with Crippen molar-refractivity contribution < 1.29 is 57.0 Å². The zero-order chi connectivity index (χ0) is 20.6. The van der Waals surface area contributed by atoms with Gasteiger partial charge in [-0.25, -0.2) is 8.42 Å². The maximum absolute atomic E-state index is 12.6. The van der Waals surface area contributed by atoms with E-state index in [0.717, 1.165) is 5.57 Å². The molecule has 128 valence electrons. The summed E-state index contributed by atoms with van der Waals surface area (Å²) < 4.78 is 69.5. The van der Waals surface area contributed by atoms with Gasteiger partial charge in [-0.3, -0.25) is 4.79 Å². The minimum absolute atomic E-state index is 0. The van der Waals surface area contributed by atoms with Crippen LogP contribution in [-0.2, 0) is 21.6 Å². The van der Waals surface area contributed by atoms with E-state index in [2.05, 4.69) is 4.18 Å². The number of Topliss-reactive ketones (excluding diaryl/α,β-unsaturated/α-hetero) is 1. The first-order chi connectivity index (χ1) is 12.8. The molecule has 0 aromatic heterocycles. The Balaban J connectivity index is 0.00000240. The Bertz CT molecular complexity index is 1040. The minimum atomic E-state index is -5.10. The normalized spacial score (nSPS) is 34.8. The Morgan fingerprint density at radius 3 is 2.92 bits per heavy atom. The molecular weight excluding hydrogens is 351 g/mol. The van der Waals surface area contributed by atoms with E-state index in [0.29, 0.717) is 24.0 Å². The van der Waals surface area contributed by atoms with Crippen LogP contribution >= 0.6 is 0 Å². The molecule has 2 saturated carbocycles. The number of carbonyl (C=O) groups is 1. The molecular formula is C18H19NaO5S. The van der Waals surface area contributed by atoms with Crippen LogP contribution in [0.4, 0.5) is 0 Å². The monoisotopic (exact) mass is 374 g/mol. The van der Waals surface area contributed by atoms with Gasteiger partial charge in [-0.15, -0.1) is 0 Å². The van der Waals surface area contributed by atoms with Gasteiger partial charge in [0, 0.05) is 20.4 Å². The molecule has 4 rings (SSSR count). The number of fused-ring (bicyclic) bond motifs is 5. The molecule has 0 spiro atoms. The molecule has 5 nitrogen and oxygen atoms in total. The minimum Gasteiger partial charge on any atom is -0.716 e. The van der Waals surface area contributed by atoms with Crippen molar-refractivity contribution in [3.63, 3.8) is 0 Å². The molecule has 3 aliphatic carbocycles. The van der Waals surface area contributed by atoms with Crippen molar-refractivity contribution in [2.45, 2.75) is 44.9 Å². The Morgan fingerprint density at radius 1 is 1.44 bits per heavy atom. The van der Waals surface area contributed by atoms with Gasteiger partial charge >= 0.3 is 29.6 Å². The molecule has 0 radical (unpaired) electrons. The molecule has 2 fully saturated rings. The van der Waals surface area contributed by atoms with Gasteiger partial charge in [0.05, 0.1) is 2.74 Å². The van der Waals surface area contributed by atoms with E-state index in [9.17, 15) is 17.8 Å². The van der Waals surface area contributed by atoms with E-state index < -0.39 is 27.9 Å². The molecule has 1 aromatic carbocycles. The predicted octanol–water partition coefficient (Wildman–Crippen LogP) is -0.125. The van der Waals surface area contributed by atoms with Crippen LogP contribution in [0, 0.1) is 11.3 Å². The van der Waals surface area contributed by atoms with E-state index in [1.54, 1.807) is 0 Å². The second-order valence-electron chi connectivity index (χ2n) is 6.85. The van der Waals surface area contributed by atoms with E-state index >= 15 is 0 Å². The second-order valence-corrected chi connectivity index (χ2v) is 7.83. The molecule has 0 N–H and O–H groups in total. The van der Waals surface area contributed by atoms with Gasteiger partial charge in [0.1, 0.15) is 11.5 Å². The predicted molar refractivity (Wildman–Crippen MR) is 86.4 cm³/mol. The first-order valence-electron chi connectivity index (χ1n) is 9.88. The van der Waals surface area contributed by atoms with Crippen LogP contribution in [0.2, 0.25) is 0 Å². The second kappa shape index (κ2) is 6.50. The largest absolute Gasteiger partial charge is 1.00 e. The summed E-state index contributed by atoms with van der Waals surface area (Å²) in [6, 6.07) is 0.790. The molecule has 0 aliphatic heterocycles. The summed E-state index contributed by atoms with van der Waals surface area (Å²) in [5.41, 5.74) is 1.40. The van der Waals surface area contributed by atoms with Crippen LogP contribution in [-0.4, -0.2) is 18.8 Å². The molecule has 7 heteroatoms. The number of rotatable bonds is 2. The summed E-state index contributed by atoms with van der Waals surface area (Å²) in [5.74, 6) is -1.32. The van der Waals surface area contributed by atoms with Crippen molar-refractivity contribution in [3.8, 4) is 5.75 Å². The summed E-state index contributed by atoms with van der Waals surface area (Å²) in [4.78, 5) is 12.6. The first kappa shape index (κ1) is 14.4. The van der Waals surface area contributed by atoms with Crippen LogP contribution < -0.4 is 33.7 Å². The van der Waals surface area contributed by atoms with Gasteiger partial charge in [0.15, 0.2) is 0 Å². The van der Waals surface area contributed by atoms with Gasteiger partial charge in [0.2, 0.25) is 0 Å². The molecule has 3 atom stereocenters. The van der Waals surface area contributed by atoms with Crippen molar-refractivity contribution in [2.24, 2.45) is 11.3 Å². The van der Waals surface area contributed by atoms with Gasteiger partial charge in [-0.1, -0.05) is 24.6 Å². The molecule has 3 aliphatic rings. The van der Waals surface area contributed by atoms with E-state index in [-0.39, 0.29) is 72.1 Å². The number of allylic oxidation sites excluding steroid dienone is 2. The van der Waals surface area contributed by atoms with Crippen molar-refractivity contribution in [2.75, 3.05) is 0 Å². The third-order valence-corrected chi connectivity index (χ3v) is 5.96. The molecule has 1 aromatic rings. The van der Waals surface area contributed by atoms with Crippen molar-refractivity contribution in [1.29, 1.82) is 0 Å². The Morgan fingerprint density at radius 2 is 2.20 bits per heavy atom. The maximum atomic E-state index is 12.6. The zero-order valence-electron chi connectivity index (χ0n) is 18.1. The van der Waals surface area contributed by atoms with Gasteiger partial charge in [-0.2, -0.15) is 0 Å². The van der Waals surface area contributed by atoms with Crippen LogP contribution in [0.15, 0.2) is 29.8 Å². The Hall–Kier alpha value is -0.660. The average Bonchev–Trinajstić information content (AvgIpc) is 2.77. The molecule has 0 bridgehead atoms. The van der Waals surface area contributed by atoms with Crippen molar-refractivity contribution in [3.05, 3.63) is 40.9 Å². The number of ketones is 1. The van der Waals surface area contributed by atoms with Gasteiger partial charge in [0.25, 0.3) is 10.4 Å². The molecule has 25 heavy (non-hydrogen) atoms. The van der Waals surface area contributed by atoms with Crippen molar-refractivity contribution in [1.82, 2.24) is 0 Å². The SMILES string of the molecule is [2H]c1cc2c(c([2H])c1OS(=O)(=O)[O-])CC=C1[C@@H]2CCC2(C)C(=O)C([2H])([2H])C[C@@H]12.[Na+]. The summed E-state index contributed by atoms with van der Waals surface area (Å²) in [6.07, 6.45) is 1.51. The fraction of sp³-hybridized carbons (Fsp3) is 0.500. The quantitative estimate of drug-likeness (QED) is 0.312. The summed E-state index contributed by atoms with van der Waals surface area (Å²) in [7, 11) is -5.10. The molecule has 0 heterocycles. The van der Waals surface area contributed by atoms with Crippen LogP contribution in [0.5, 0.6) is 5.75 Å². The third-order valence-electron chi connectivity index (χ3n) is 5.59. The third kappa shape index (κ3) is 3.23. The van der Waals surface area contributed by atoms with E-state index in [1.165, 1.54) is 6.07 Å². The van der Waals surface area contributed by atoms with Crippen LogP contribution in [0.25, 0.3) is 0 Å². The fourth-order valence-electron chi connectivity index (χ4n) is 4.35. The van der Waals surface area contributed by atoms with E-state index in [4.69, 9.17) is 5.48 Å². The number of hydrogen-bond donors (Lipinski definition) is 0. The Kier molecular flexibility index (Phi) is 3.74. The molecule has 0 amide bonds. The first-order valence-corrected chi connectivity index (χ1v) is 9.21. The molecule has 0 saturated heterocycles. The Labute approximate surface area is 175 Å². The number of hydrogen-bond acceptors (Lipinski definition) is 5. The van der Waals surface area contributed by atoms with Crippen LogP contribution in [0.3, 0.4) is 0 Å². The zero-order valence-corrected chi connectivity index (χ0v) is 16.9. The topological polar surface area (TPSA) is 83.5 Å². The van der Waals surface area contributed by atoms with E-state index in [1.807, 2.05) is 13.0 Å². The summed E-state index contributed by atoms with van der Waals surface area (Å²) >= 11 is 0. The molecule has 1 unspecified atom stereocenters. The van der Waals surface area contributed by atoms with Gasteiger partial charge < -0.3 is 8.74 Å². The van der Waals surface area contributed by atoms with Gasteiger partial charge in [-0.05, 0) is 54.8 Å². The fourth-order valence-corrected chi connectivity index (χ4v) is 4.64.